The van der Waals surface area contributed by atoms with E-state index < -0.39 is 0 Å². The lowest BCUT2D eigenvalue weighted by Crippen LogP contribution is -2.36. The van der Waals surface area contributed by atoms with Crippen LogP contribution in [0.15, 0.2) is 54.7 Å². The molecule has 0 spiro atoms. The van der Waals surface area contributed by atoms with Gasteiger partial charge < -0.3 is 19.1 Å². The highest BCUT2D eigenvalue weighted by atomic mass is 16.7. The Labute approximate surface area is 172 Å². The van der Waals surface area contributed by atoms with Crippen molar-refractivity contribution in [3.63, 3.8) is 0 Å². The van der Waals surface area contributed by atoms with Gasteiger partial charge in [0.25, 0.3) is 0 Å². The van der Waals surface area contributed by atoms with Crippen molar-refractivity contribution in [3.8, 4) is 28.4 Å². The minimum absolute atomic E-state index is 0.245. The van der Waals surface area contributed by atoms with E-state index in [-0.39, 0.29) is 6.79 Å². The summed E-state index contributed by atoms with van der Waals surface area (Å²) in [5, 5.41) is 9.81. The maximum atomic E-state index is 5.47. The Morgan fingerprint density at radius 3 is 2.73 bits per heavy atom. The van der Waals surface area contributed by atoms with Crippen LogP contribution in [0.5, 0.6) is 11.5 Å². The molecule has 1 saturated heterocycles. The molecule has 8 nitrogen and oxygen atoms in total. The molecular formula is C22H19N5O3. The van der Waals surface area contributed by atoms with Crippen molar-refractivity contribution in [1.82, 2.24) is 20.0 Å². The Morgan fingerprint density at radius 2 is 1.80 bits per heavy atom. The van der Waals surface area contributed by atoms with E-state index in [9.17, 15) is 0 Å². The van der Waals surface area contributed by atoms with Gasteiger partial charge in [0, 0.05) is 30.1 Å². The fourth-order valence-corrected chi connectivity index (χ4v) is 3.85. The Bertz CT molecular complexity index is 1230. The molecule has 4 aromatic rings. The van der Waals surface area contributed by atoms with Crippen molar-refractivity contribution in [3.05, 3.63) is 54.7 Å². The van der Waals surface area contributed by atoms with E-state index >= 15 is 0 Å². The maximum Gasteiger partial charge on any atom is 0.231 e. The molecule has 0 bridgehead atoms. The van der Waals surface area contributed by atoms with Crippen molar-refractivity contribution in [2.75, 3.05) is 38.0 Å². The van der Waals surface area contributed by atoms with Gasteiger partial charge in [-0.3, -0.25) is 0 Å². The molecule has 2 aliphatic heterocycles. The van der Waals surface area contributed by atoms with Crippen molar-refractivity contribution in [2.45, 2.75) is 0 Å². The molecule has 0 N–H and O–H groups in total. The zero-order valence-electron chi connectivity index (χ0n) is 16.2. The number of morpholine rings is 1. The summed E-state index contributed by atoms with van der Waals surface area (Å²) >= 11 is 0. The summed E-state index contributed by atoms with van der Waals surface area (Å²) < 4.78 is 18.1. The summed E-state index contributed by atoms with van der Waals surface area (Å²) in [6.07, 6.45) is 1.91. The average molecular weight is 401 g/mol. The van der Waals surface area contributed by atoms with Gasteiger partial charge in [-0.05, 0) is 24.3 Å². The molecule has 0 amide bonds. The fourth-order valence-electron chi connectivity index (χ4n) is 3.85. The summed E-state index contributed by atoms with van der Waals surface area (Å²) in [6, 6.07) is 16.0. The highest BCUT2D eigenvalue weighted by molar-refractivity contribution is 5.93. The topological polar surface area (TPSA) is 74.5 Å². The number of anilines is 1. The Balaban J connectivity index is 1.39. The molecule has 150 valence electrons. The first kappa shape index (κ1) is 17.2. The van der Waals surface area contributed by atoms with Gasteiger partial charge in [0.2, 0.25) is 6.79 Å². The largest absolute Gasteiger partial charge is 0.454 e. The first-order valence-electron chi connectivity index (χ1n) is 9.90. The van der Waals surface area contributed by atoms with Gasteiger partial charge >= 0.3 is 0 Å². The molecule has 2 aliphatic rings. The third kappa shape index (κ3) is 2.93. The maximum absolute atomic E-state index is 5.47. The van der Waals surface area contributed by atoms with Crippen LogP contribution in [0.1, 0.15) is 0 Å². The number of aromatic nitrogens is 4. The first-order valence-corrected chi connectivity index (χ1v) is 9.90. The van der Waals surface area contributed by atoms with E-state index in [1.165, 1.54) is 0 Å². The zero-order chi connectivity index (χ0) is 19.9. The average Bonchev–Trinajstić information content (AvgIpc) is 3.48. The van der Waals surface area contributed by atoms with E-state index in [1.807, 2.05) is 36.5 Å². The molecule has 30 heavy (non-hydrogen) atoms. The van der Waals surface area contributed by atoms with E-state index in [4.69, 9.17) is 19.2 Å². The van der Waals surface area contributed by atoms with E-state index in [1.54, 1.807) is 4.68 Å². The lowest BCUT2D eigenvalue weighted by Gasteiger charge is -2.28. The normalized spacial score (nSPS) is 15.7. The van der Waals surface area contributed by atoms with E-state index in [2.05, 4.69) is 33.4 Å². The fraction of sp³-hybridized carbons (Fsp3) is 0.227. The Hall–Kier alpha value is -3.65. The van der Waals surface area contributed by atoms with Crippen LogP contribution in [0.2, 0.25) is 0 Å². The smallest absolute Gasteiger partial charge is 0.231 e. The summed E-state index contributed by atoms with van der Waals surface area (Å²) in [4.78, 5) is 7.21. The highest BCUT2D eigenvalue weighted by Crippen LogP contribution is 2.34. The van der Waals surface area contributed by atoms with Gasteiger partial charge in [-0.2, -0.15) is 0 Å². The van der Waals surface area contributed by atoms with Crippen LogP contribution < -0.4 is 14.4 Å². The number of rotatable bonds is 3. The van der Waals surface area contributed by atoms with Crippen LogP contribution in [-0.2, 0) is 4.74 Å². The number of fused-ring (bicyclic) bond motifs is 2. The number of ether oxygens (including phenoxy) is 3. The van der Waals surface area contributed by atoms with E-state index in [0.29, 0.717) is 5.75 Å². The molecule has 8 heteroatoms. The number of benzene rings is 2. The van der Waals surface area contributed by atoms with Crippen molar-refractivity contribution < 1.29 is 14.2 Å². The van der Waals surface area contributed by atoms with Gasteiger partial charge in [0.15, 0.2) is 11.5 Å². The number of pyridine rings is 1. The van der Waals surface area contributed by atoms with Crippen LogP contribution >= 0.6 is 0 Å². The number of hydrogen-bond donors (Lipinski definition) is 0. The summed E-state index contributed by atoms with van der Waals surface area (Å²) in [6.45, 7) is 3.40. The SMILES string of the molecule is c1cc(-c2cn(-c3ccc4c(c3)OCO4)nn2)c2nc(N3CCOCC3)ccc2c1. The molecule has 2 aromatic heterocycles. The minimum Gasteiger partial charge on any atom is -0.454 e. The predicted molar refractivity (Wildman–Crippen MR) is 111 cm³/mol. The molecule has 6 rings (SSSR count). The monoisotopic (exact) mass is 401 g/mol. The molecule has 0 aliphatic carbocycles. The molecule has 4 heterocycles. The lowest BCUT2D eigenvalue weighted by molar-refractivity contribution is 0.122. The van der Waals surface area contributed by atoms with Crippen LogP contribution in [-0.4, -0.2) is 53.1 Å². The van der Waals surface area contributed by atoms with Gasteiger partial charge in [0.1, 0.15) is 11.5 Å². The zero-order valence-corrected chi connectivity index (χ0v) is 16.2. The highest BCUT2D eigenvalue weighted by Gasteiger charge is 2.17. The first-order chi connectivity index (χ1) is 14.8. The van der Waals surface area contributed by atoms with Crippen LogP contribution in [0, 0.1) is 0 Å². The third-order valence-corrected chi connectivity index (χ3v) is 5.43. The third-order valence-electron chi connectivity index (χ3n) is 5.43. The van der Waals surface area contributed by atoms with Crippen molar-refractivity contribution in [2.24, 2.45) is 0 Å². The second-order valence-electron chi connectivity index (χ2n) is 7.23. The molecule has 0 saturated carbocycles. The van der Waals surface area contributed by atoms with Gasteiger partial charge in [-0.25, -0.2) is 9.67 Å². The van der Waals surface area contributed by atoms with Gasteiger partial charge in [0.05, 0.1) is 30.6 Å². The predicted octanol–water partition coefficient (Wildman–Crippen LogP) is 3.05. The standard InChI is InChI=1S/C22H19N5O3/c1-2-15-4-7-21(26-8-10-28-11-9-26)23-22(15)17(3-1)18-13-27(25-24-18)16-5-6-19-20(12-16)30-14-29-19/h1-7,12-13H,8-11,14H2. The quantitative estimate of drug-likeness (QED) is 0.522. The minimum atomic E-state index is 0.245. The number of para-hydroxylation sites is 1. The van der Waals surface area contributed by atoms with Crippen molar-refractivity contribution in [1.29, 1.82) is 0 Å². The summed E-state index contributed by atoms with van der Waals surface area (Å²) in [5.74, 6) is 2.42. The Kier molecular flexibility index (Phi) is 4.02. The van der Waals surface area contributed by atoms with Gasteiger partial charge in [-0.1, -0.05) is 23.4 Å². The molecule has 0 atom stereocenters. The summed E-state index contributed by atoms with van der Waals surface area (Å²) in [7, 11) is 0. The van der Waals surface area contributed by atoms with Crippen LogP contribution in [0.4, 0.5) is 5.82 Å². The Morgan fingerprint density at radius 1 is 0.900 bits per heavy atom. The second-order valence-corrected chi connectivity index (χ2v) is 7.23. The molecular weight excluding hydrogens is 382 g/mol. The molecule has 2 aromatic carbocycles. The molecule has 0 radical (unpaired) electrons. The molecule has 1 fully saturated rings. The van der Waals surface area contributed by atoms with Gasteiger partial charge in [-0.15, -0.1) is 5.10 Å². The summed E-state index contributed by atoms with van der Waals surface area (Å²) in [5.41, 5.74) is 3.50. The lowest BCUT2D eigenvalue weighted by atomic mass is 10.1. The van der Waals surface area contributed by atoms with E-state index in [0.717, 1.165) is 65.7 Å². The molecule has 0 unspecified atom stereocenters. The van der Waals surface area contributed by atoms with Crippen LogP contribution in [0.25, 0.3) is 27.8 Å². The number of hydrogen-bond acceptors (Lipinski definition) is 7. The van der Waals surface area contributed by atoms with Crippen LogP contribution in [0.3, 0.4) is 0 Å². The second kappa shape index (κ2) is 7.00. The number of nitrogens with zero attached hydrogens (tertiary/aromatic N) is 5. The van der Waals surface area contributed by atoms with Crippen molar-refractivity contribution >= 4 is 16.7 Å².